The van der Waals surface area contributed by atoms with E-state index in [0.717, 1.165) is 22.9 Å². The van der Waals surface area contributed by atoms with Crippen LogP contribution in [0.4, 0.5) is 0 Å². The van der Waals surface area contributed by atoms with Crippen LogP contribution in [0.1, 0.15) is 24.5 Å². The van der Waals surface area contributed by atoms with Crippen molar-refractivity contribution in [2.24, 2.45) is 0 Å². The zero-order valence-corrected chi connectivity index (χ0v) is 18.8. The quantitative estimate of drug-likeness (QED) is 0.384. The summed E-state index contributed by atoms with van der Waals surface area (Å²) in [7, 11) is -3.85. The number of sulfone groups is 1. The summed E-state index contributed by atoms with van der Waals surface area (Å²) in [5.74, 6) is -0.389. The van der Waals surface area contributed by atoms with Gasteiger partial charge in [0, 0.05) is 25.1 Å². The van der Waals surface area contributed by atoms with Crippen molar-refractivity contribution < 1.29 is 28.3 Å². The number of pyridine rings is 1. The Bertz CT molecular complexity index is 1130. The molecule has 0 fully saturated rings. The number of aliphatic hydroxyl groups excluding tert-OH is 1. The first kappa shape index (κ1) is 24.6. The molecule has 1 heterocycles. The normalized spacial score (nSPS) is 13.5. The number of carbonyl (C=O) groups is 1. The standard InChI is InChI=1S/C21H28N2O7S/c1-14-12-18(30-10-9-24)15(2)11-17(14)16-5-7-23(19(25)13-16)8-6-21(3,20(26)22-27)31(4,28)29/h5,7,11-13,24,27H,6,8-10H2,1-4H3,(H,22,26). The van der Waals surface area contributed by atoms with Crippen LogP contribution in [0.25, 0.3) is 11.1 Å². The number of aliphatic hydroxyl groups is 1. The molecule has 1 unspecified atom stereocenters. The monoisotopic (exact) mass is 452 g/mol. The van der Waals surface area contributed by atoms with Crippen LogP contribution in [0.5, 0.6) is 5.75 Å². The fourth-order valence-electron chi connectivity index (χ4n) is 3.19. The van der Waals surface area contributed by atoms with Gasteiger partial charge in [-0.2, -0.15) is 0 Å². The Morgan fingerprint density at radius 3 is 2.45 bits per heavy atom. The third-order valence-electron chi connectivity index (χ3n) is 5.41. The number of rotatable bonds is 9. The second-order valence-corrected chi connectivity index (χ2v) is 10.1. The molecule has 31 heavy (non-hydrogen) atoms. The molecule has 9 nitrogen and oxygen atoms in total. The second kappa shape index (κ2) is 9.63. The maximum atomic E-state index is 12.6. The van der Waals surface area contributed by atoms with Gasteiger partial charge in [-0.1, -0.05) is 0 Å². The van der Waals surface area contributed by atoms with E-state index in [1.54, 1.807) is 12.3 Å². The largest absolute Gasteiger partial charge is 0.491 e. The van der Waals surface area contributed by atoms with Crippen LogP contribution >= 0.6 is 0 Å². The number of ether oxygens (including phenoxy) is 1. The first-order chi connectivity index (χ1) is 14.4. The predicted molar refractivity (Wildman–Crippen MR) is 116 cm³/mol. The Balaban J connectivity index is 2.31. The van der Waals surface area contributed by atoms with Crippen molar-refractivity contribution in [2.75, 3.05) is 19.5 Å². The number of amides is 1. The number of aromatic nitrogens is 1. The van der Waals surface area contributed by atoms with E-state index in [4.69, 9.17) is 15.1 Å². The Morgan fingerprint density at radius 2 is 1.90 bits per heavy atom. The van der Waals surface area contributed by atoms with Gasteiger partial charge in [0.05, 0.1) is 6.61 Å². The van der Waals surface area contributed by atoms with E-state index in [0.29, 0.717) is 11.3 Å². The van der Waals surface area contributed by atoms with Crippen molar-refractivity contribution in [3.05, 3.63) is 51.9 Å². The molecule has 0 saturated heterocycles. The summed E-state index contributed by atoms with van der Waals surface area (Å²) < 4.78 is 29.1. The van der Waals surface area contributed by atoms with Crippen molar-refractivity contribution in [3.8, 4) is 16.9 Å². The fraction of sp³-hybridized carbons (Fsp3) is 0.429. The van der Waals surface area contributed by atoms with E-state index in [-0.39, 0.29) is 31.7 Å². The topological polar surface area (TPSA) is 135 Å². The van der Waals surface area contributed by atoms with Gasteiger partial charge >= 0.3 is 0 Å². The third-order valence-corrected chi connectivity index (χ3v) is 7.43. The molecule has 0 aliphatic heterocycles. The van der Waals surface area contributed by atoms with Gasteiger partial charge in [0.2, 0.25) is 0 Å². The van der Waals surface area contributed by atoms with E-state index < -0.39 is 20.5 Å². The van der Waals surface area contributed by atoms with Gasteiger partial charge in [-0.05, 0) is 67.6 Å². The molecule has 0 aliphatic carbocycles. The van der Waals surface area contributed by atoms with Crippen LogP contribution in [0.2, 0.25) is 0 Å². The highest BCUT2D eigenvalue weighted by atomic mass is 32.2. The van der Waals surface area contributed by atoms with E-state index >= 15 is 0 Å². The van der Waals surface area contributed by atoms with Gasteiger partial charge in [-0.25, -0.2) is 13.9 Å². The van der Waals surface area contributed by atoms with Crippen LogP contribution in [0.15, 0.2) is 35.3 Å². The number of aryl methyl sites for hydroxylation is 3. The van der Waals surface area contributed by atoms with Gasteiger partial charge in [-0.15, -0.1) is 0 Å². The number of hydrogen-bond acceptors (Lipinski definition) is 7. The fourth-order valence-corrected chi connectivity index (χ4v) is 4.04. The number of nitrogens with zero attached hydrogens (tertiary/aromatic N) is 1. The molecule has 1 aromatic carbocycles. The van der Waals surface area contributed by atoms with Crippen LogP contribution in [-0.2, 0) is 21.2 Å². The molecule has 2 aromatic rings. The minimum atomic E-state index is -3.85. The number of carbonyl (C=O) groups excluding carboxylic acids is 1. The molecule has 0 saturated carbocycles. The molecular formula is C21H28N2O7S. The first-order valence-electron chi connectivity index (χ1n) is 9.64. The van der Waals surface area contributed by atoms with E-state index in [1.165, 1.54) is 23.0 Å². The number of nitrogens with one attached hydrogen (secondary N) is 1. The summed E-state index contributed by atoms with van der Waals surface area (Å²) in [6.45, 7) is 5.04. The minimum Gasteiger partial charge on any atom is -0.491 e. The van der Waals surface area contributed by atoms with Gasteiger partial charge in [0.15, 0.2) is 14.6 Å². The van der Waals surface area contributed by atoms with Crippen LogP contribution < -0.4 is 15.8 Å². The summed E-state index contributed by atoms with van der Waals surface area (Å²) in [4.78, 5) is 24.6. The molecule has 1 amide bonds. The average molecular weight is 453 g/mol. The molecule has 0 bridgehead atoms. The highest BCUT2D eigenvalue weighted by Crippen LogP contribution is 2.30. The van der Waals surface area contributed by atoms with Crippen LogP contribution in [0.3, 0.4) is 0 Å². The van der Waals surface area contributed by atoms with Gasteiger partial charge in [0.25, 0.3) is 11.5 Å². The second-order valence-electron chi connectivity index (χ2n) is 7.65. The molecule has 0 spiro atoms. The summed E-state index contributed by atoms with van der Waals surface area (Å²) in [6.07, 6.45) is 2.27. The van der Waals surface area contributed by atoms with Crippen LogP contribution in [-0.4, -0.2) is 53.4 Å². The molecule has 1 aromatic heterocycles. The minimum absolute atomic E-state index is 0.0257. The molecule has 2 rings (SSSR count). The van der Waals surface area contributed by atoms with Gasteiger partial charge in [-0.3, -0.25) is 14.8 Å². The predicted octanol–water partition coefficient (Wildman–Crippen LogP) is 1.20. The lowest BCUT2D eigenvalue weighted by Crippen LogP contribution is -2.49. The Morgan fingerprint density at radius 1 is 1.23 bits per heavy atom. The molecule has 0 aliphatic rings. The van der Waals surface area contributed by atoms with Crippen molar-refractivity contribution in [1.82, 2.24) is 10.0 Å². The van der Waals surface area contributed by atoms with E-state index in [2.05, 4.69) is 0 Å². The summed E-state index contributed by atoms with van der Waals surface area (Å²) in [5, 5.41) is 17.8. The number of hydrogen-bond donors (Lipinski definition) is 3. The molecule has 10 heteroatoms. The highest BCUT2D eigenvalue weighted by Gasteiger charge is 2.43. The third kappa shape index (κ3) is 5.33. The lowest BCUT2D eigenvalue weighted by Gasteiger charge is -2.25. The molecule has 170 valence electrons. The Labute approximate surface area is 181 Å². The van der Waals surface area contributed by atoms with Crippen molar-refractivity contribution in [3.63, 3.8) is 0 Å². The van der Waals surface area contributed by atoms with Crippen molar-refractivity contribution in [1.29, 1.82) is 0 Å². The smallest absolute Gasteiger partial charge is 0.264 e. The zero-order valence-electron chi connectivity index (χ0n) is 18.0. The van der Waals surface area contributed by atoms with Gasteiger partial charge < -0.3 is 14.4 Å². The zero-order chi connectivity index (χ0) is 23.4. The SMILES string of the molecule is Cc1cc(-c2ccn(CCC(C)(C(=O)NO)S(C)(=O)=O)c(=O)c2)c(C)cc1OCCO. The number of hydroxylamine groups is 1. The lowest BCUT2D eigenvalue weighted by atomic mass is 9.98. The molecular weight excluding hydrogens is 424 g/mol. The molecule has 0 radical (unpaired) electrons. The first-order valence-corrected chi connectivity index (χ1v) is 11.5. The van der Waals surface area contributed by atoms with Crippen molar-refractivity contribution >= 4 is 15.7 Å². The van der Waals surface area contributed by atoms with Crippen molar-refractivity contribution in [2.45, 2.75) is 38.5 Å². The maximum absolute atomic E-state index is 12.6. The van der Waals surface area contributed by atoms with E-state index in [9.17, 15) is 18.0 Å². The molecule has 1 atom stereocenters. The van der Waals surface area contributed by atoms with Gasteiger partial charge in [0.1, 0.15) is 12.4 Å². The van der Waals surface area contributed by atoms with E-state index in [1.807, 2.05) is 26.0 Å². The summed E-state index contributed by atoms with van der Waals surface area (Å²) in [5.41, 5.74) is 4.32. The highest BCUT2D eigenvalue weighted by molar-refractivity contribution is 7.92. The lowest BCUT2D eigenvalue weighted by molar-refractivity contribution is -0.131. The summed E-state index contributed by atoms with van der Waals surface area (Å²) in [6, 6.07) is 6.92. The Kier molecular flexibility index (Phi) is 7.63. The van der Waals surface area contributed by atoms with Crippen LogP contribution in [0, 0.1) is 13.8 Å². The average Bonchev–Trinajstić information content (AvgIpc) is 2.71. The molecule has 3 N–H and O–H groups in total. The Hall–Kier alpha value is -2.69. The number of benzene rings is 1. The maximum Gasteiger partial charge on any atom is 0.264 e. The summed E-state index contributed by atoms with van der Waals surface area (Å²) >= 11 is 0.